The van der Waals surface area contributed by atoms with Crippen molar-refractivity contribution >= 4 is 21.9 Å². The molecule has 5 heteroatoms. The smallest absolute Gasteiger partial charge is 0.323 e. The van der Waals surface area contributed by atoms with E-state index in [9.17, 15) is 4.79 Å². The lowest BCUT2D eigenvalue weighted by atomic mass is 10.1. The van der Waals surface area contributed by atoms with Gasteiger partial charge in [0, 0.05) is 4.47 Å². The number of morpholine rings is 1. The highest BCUT2D eigenvalue weighted by molar-refractivity contribution is 9.10. The van der Waals surface area contributed by atoms with Gasteiger partial charge in [0.2, 0.25) is 0 Å². The number of hydrogen-bond donors (Lipinski definition) is 2. The third kappa shape index (κ3) is 2.42. The lowest BCUT2D eigenvalue weighted by Crippen LogP contribution is -2.48. The first-order valence-electron chi connectivity index (χ1n) is 4.99. The minimum absolute atomic E-state index is 0.0783. The molecule has 0 amide bonds. The van der Waals surface area contributed by atoms with Gasteiger partial charge in [-0.05, 0) is 11.6 Å². The van der Waals surface area contributed by atoms with E-state index in [1.165, 1.54) is 0 Å². The maximum atomic E-state index is 10.9. The number of ether oxygens (including phenoxy) is 1. The van der Waals surface area contributed by atoms with Crippen molar-refractivity contribution in [3.8, 4) is 0 Å². The van der Waals surface area contributed by atoms with Crippen molar-refractivity contribution in [1.82, 2.24) is 5.32 Å². The van der Waals surface area contributed by atoms with E-state index in [2.05, 4.69) is 21.2 Å². The Morgan fingerprint density at radius 3 is 2.88 bits per heavy atom. The summed E-state index contributed by atoms with van der Waals surface area (Å²) >= 11 is 3.45. The Morgan fingerprint density at radius 2 is 2.19 bits per heavy atom. The summed E-state index contributed by atoms with van der Waals surface area (Å²) in [6.07, 6.45) is 0. The predicted molar refractivity (Wildman–Crippen MR) is 62.3 cm³/mol. The van der Waals surface area contributed by atoms with E-state index >= 15 is 0 Å². The monoisotopic (exact) mass is 285 g/mol. The zero-order valence-corrected chi connectivity index (χ0v) is 10.1. The number of carboxylic acid groups (broad SMARTS) is 1. The van der Waals surface area contributed by atoms with Gasteiger partial charge >= 0.3 is 5.97 Å². The molecule has 1 heterocycles. The molecule has 2 unspecified atom stereocenters. The van der Waals surface area contributed by atoms with Crippen LogP contribution in [0.15, 0.2) is 28.7 Å². The van der Waals surface area contributed by atoms with Crippen LogP contribution in [0.2, 0.25) is 0 Å². The number of halogens is 1. The van der Waals surface area contributed by atoms with Crippen LogP contribution >= 0.6 is 15.9 Å². The normalized spacial score (nSPS) is 25.3. The first-order valence-corrected chi connectivity index (χ1v) is 5.79. The van der Waals surface area contributed by atoms with Crippen LogP contribution in [-0.4, -0.2) is 30.3 Å². The molecule has 2 rings (SSSR count). The molecule has 16 heavy (non-hydrogen) atoms. The van der Waals surface area contributed by atoms with Crippen LogP contribution in [0.1, 0.15) is 11.6 Å². The lowest BCUT2D eigenvalue weighted by Gasteiger charge is -2.29. The average molecular weight is 286 g/mol. The zero-order valence-electron chi connectivity index (χ0n) is 8.52. The molecule has 2 atom stereocenters. The maximum Gasteiger partial charge on any atom is 0.323 e. The largest absolute Gasteiger partial charge is 0.480 e. The molecular weight excluding hydrogens is 274 g/mol. The van der Waals surface area contributed by atoms with Gasteiger partial charge in [0.25, 0.3) is 0 Å². The molecule has 4 nitrogen and oxygen atoms in total. The van der Waals surface area contributed by atoms with Gasteiger partial charge in [-0.2, -0.15) is 0 Å². The van der Waals surface area contributed by atoms with Crippen molar-refractivity contribution in [1.29, 1.82) is 0 Å². The van der Waals surface area contributed by atoms with Gasteiger partial charge in [-0.25, -0.2) is 0 Å². The second-order valence-corrected chi connectivity index (χ2v) is 4.52. The summed E-state index contributed by atoms with van der Waals surface area (Å²) in [5.41, 5.74) is 1.02. The summed E-state index contributed by atoms with van der Waals surface area (Å²) in [4.78, 5) is 10.9. The molecule has 1 aliphatic heterocycles. The van der Waals surface area contributed by atoms with Crippen LogP contribution in [0.4, 0.5) is 0 Å². The Balaban J connectivity index is 2.16. The molecule has 1 aromatic carbocycles. The summed E-state index contributed by atoms with van der Waals surface area (Å²) in [7, 11) is 0. The van der Waals surface area contributed by atoms with Crippen molar-refractivity contribution in [2.75, 3.05) is 13.2 Å². The van der Waals surface area contributed by atoms with Crippen LogP contribution in [0, 0.1) is 0 Å². The molecule has 1 aliphatic rings. The molecule has 1 fully saturated rings. The van der Waals surface area contributed by atoms with Crippen molar-refractivity contribution in [3.63, 3.8) is 0 Å². The quantitative estimate of drug-likeness (QED) is 0.866. The van der Waals surface area contributed by atoms with E-state index in [4.69, 9.17) is 9.84 Å². The molecule has 0 spiro atoms. The Kier molecular flexibility index (Phi) is 3.58. The standard InChI is InChI=1S/C11H12BrNO3/c12-8-4-2-1-3-7(8)9-5-16-6-10(13-9)11(14)15/h1-4,9-10,13H,5-6H2,(H,14,15). The highest BCUT2D eigenvalue weighted by Gasteiger charge is 2.28. The Bertz CT molecular complexity index is 397. The number of benzene rings is 1. The molecule has 0 aromatic heterocycles. The molecule has 86 valence electrons. The highest BCUT2D eigenvalue weighted by Crippen LogP contribution is 2.25. The first kappa shape index (κ1) is 11.6. The molecule has 1 aromatic rings. The number of nitrogens with one attached hydrogen (secondary N) is 1. The van der Waals surface area contributed by atoms with E-state index in [1.807, 2.05) is 24.3 Å². The van der Waals surface area contributed by atoms with Crippen LogP contribution in [-0.2, 0) is 9.53 Å². The summed E-state index contributed by atoms with van der Waals surface area (Å²) in [6, 6.07) is 7.02. The summed E-state index contributed by atoms with van der Waals surface area (Å²) < 4.78 is 6.26. The van der Waals surface area contributed by atoms with Crippen LogP contribution in [0.5, 0.6) is 0 Å². The number of hydrogen-bond acceptors (Lipinski definition) is 3. The van der Waals surface area contributed by atoms with Gasteiger partial charge in [-0.3, -0.25) is 10.1 Å². The van der Waals surface area contributed by atoms with Crippen molar-refractivity contribution < 1.29 is 14.6 Å². The molecule has 0 saturated carbocycles. The van der Waals surface area contributed by atoms with Crippen LogP contribution in [0.25, 0.3) is 0 Å². The van der Waals surface area contributed by atoms with Gasteiger partial charge < -0.3 is 9.84 Å². The first-order chi connectivity index (χ1) is 7.68. The van der Waals surface area contributed by atoms with Crippen LogP contribution in [0.3, 0.4) is 0 Å². The molecule has 0 aliphatic carbocycles. The van der Waals surface area contributed by atoms with Gasteiger partial charge in [0.1, 0.15) is 6.04 Å². The summed E-state index contributed by atoms with van der Waals surface area (Å²) in [5, 5.41) is 12.0. The van der Waals surface area contributed by atoms with Gasteiger partial charge in [-0.1, -0.05) is 34.1 Å². The molecule has 2 N–H and O–H groups in total. The fourth-order valence-electron chi connectivity index (χ4n) is 1.72. The Hall–Kier alpha value is -0.910. The maximum absolute atomic E-state index is 10.9. The van der Waals surface area contributed by atoms with E-state index in [0.29, 0.717) is 6.61 Å². The Morgan fingerprint density at radius 1 is 1.44 bits per heavy atom. The van der Waals surface area contributed by atoms with Gasteiger partial charge in [0.15, 0.2) is 0 Å². The summed E-state index contributed by atoms with van der Waals surface area (Å²) in [6.45, 7) is 0.711. The third-order valence-corrected chi connectivity index (χ3v) is 3.27. The van der Waals surface area contributed by atoms with Crippen LogP contribution < -0.4 is 5.32 Å². The molecule has 0 bridgehead atoms. The SMILES string of the molecule is O=C(O)C1COCC(c2ccccc2Br)N1. The molecular formula is C11H12BrNO3. The summed E-state index contributed by atoms with van der Waals surface area (Å²) in [5.74, 6) is -0.878. The van der Waals surface area contributed by atoms with Crippen molar-refractivity contribution in [3.05, 3.63) is 34.3 Å². The number of aliphatic carboxylic acids is 1. The second-order valence-electron chi connectivity index (χ2n) is 3.67. The topological polar surface area (TPSA) is 58.6 Å². The van der Waals surface area contributed by atoms with E-state index in [-0.39, 0.29) is 12.6 Å². The Labute approximate surface area is 102 Å². The second kappa shape index (κ2) is 4.95. The fraction of sp³-hybridized carbons (Fsp3) is 0.364. The van der Waals surface area contributed by atoms with E-state index < -0.39 is 12.0 Å². The minimum atomic E-state index is -0.878. The number of carbonyl (C=O) groups is 1. The number of carboxylic acids is 1. The highest BCUT2D eigenvalue weighted by atomic mass is 79.9. The third-order valence-electron chi connectivity index (χ3n) is 2.55. The van der Waals surface area contributed by atoms with E-state index in [1.54, 1.807) is 0 Å². The number of rotatable bonds is 2. The zero-order chi connectivity index (χ0) is 11.5. The lowest BCUT2D eigenvalue weighted by molar-refractivity contribution is -0.143. The van der Waals surface area contributed by atoms with Gasteiger partial charge in [-0.15, -0.1) is 0 Å². The van der Waals surface area contributed by atoms with Crippen molar-refractivity contribution in [2.45, 2.75) is 12.1 Å². The average Bonchev–Trinajstić information content (AvgIpc) is 2.30. The molecule has 1 saturated heterocycles. The molecule has 0 radical (unpaired) electrons. The fourth-order valence-corrected chi connectivity index (χ4v) is 2.28. The predicted octanol–water partition coefficient (Wildman–Crippen LogP) is 1.56. The van der Waals surface area contributed by atoms with Gasteiger partial charge in [0.05, 0.1) is 19.3 Å². The van der Waals surface area contributed by atoms with E-state index in [0.717, 1.165) is 10.0 Å². The van der Waals surface area contributed by atoms with Crippen molar-refractivity contribution in [2.24, 2.45) is 0 Å². The minimum Gasteiger partial charge on any atom is -0.480 e.